The Labute approximate surface area is 121 Å². The molecular weight excluding hydrogens is 278 g/mol. The molecule has 2 rings (SSSR count). The smallest absolute Gasteiger partial charge is 0.362 e. The molecule has 0 saturated heterocycles. The van der Waals surface area contributed by atoms with Crippen LogP contribution in [0.4, 0.5) is 0 Å². The summed E-state index contributed by atoms with van der Waals surface area (Å²) in [6.45, 7) is 1.98. The van der Waals surface area contributed by atoms with Crippen LogP contribution in [-0.2, 0) is 0 Å². The molecule has 0 radical (unpaired) electrons. The van der Waals surface area contributed by atoms with Crippen molar-refractivity contribution >= 4 is 5.97 Å². The average Bonchev–Trinajstić information content (AvgIpc) is 2.90. The van der Waals surface area contributed by atoms with Crippen molar-refractivity contribution in [3.8, 4) is 28.9 Å². The number of hydrogen-bond donors (Lipinski definition) is 1. The molecule has 0 amide bonds. The van der Waals surface area contributed by atoms with Crippen LogP contribution in [0.3, 0.4) is 0 Å². The Bertz CT molecular complexity index is 627. The summed E-state index contributed by atoms with van der Waals surface area (Å²) < 4.78 is 21.1. The number of rotatable bonds is 6. The summed E-state index contributed by atoms with van der Waals surface area (Å²) in [5.74, 6) is -0.411. The second-order valence-electron chi connectivity index (χ2n) is 3.93. The molecule has 0 aliphatic carbocycles. The number of methoxy groups -OCH3 is 2. The summed E-state index contributed by atoms with van der Waals surface area (Å²) in [6.07, 6.45) is 0. The van der Waals surface area contributed by atoms with Gasteiger partial charge in [-0.15, -0.1) is 0 Å². The lowest BCUT2D eigenvalue weighted by molar-refractivity contribution is 0.0683. The summed E-state index contributed by atoms with van der Waals surface area (Å²) in [7, 11) is 2.98. The van der Waals surface area contributed by atoms with Crippen molar-refractivity contribution in [1.82, 2.24) is 4.98 Å². The first-order valence-electron chi connectivity index (χ1n) is 6.20. The molecule has 1 aromatic heterocycles. The Balaban J connectivity index is 2.61. The lowest BCUT2D eigenvalue weighted by Crippen LogP contribution is -2.01. The zero-order valence-corrected chi connectivity index (χ0v) is 11.9. The molecule has 0 atom stereocenters. The maximum absolute atomic E-state index is 11.2. The summed E-state index contributed by atoms with van der Waals surface area (Å²) in [6, 6.07) is 5.14. The molecule has 0 unspecified atom stereocenters. The van der Waals surface area contributed by atoms with Crippen LogP contribution < -0.4 is 14.2 Å². The molecule has 0 aliphatic rings. The number of carbonyl (C=O) groups is 1. The van der Waals surface area contributed by atoms with Gasteiger partial charge in [0, 0.05) is 0 Å². The Kier molecular flexibility index (Phi) is 4.32. The van der Waals surface area contributed by atoms with E-state index in [4.69, 9.17) is 23.7 Å². The van der Waals surface area contributed by atoms with Crippen molar-refractivity contribution in [3.05, 3.63) is 23.9 Å². The van der Waals surface area contributed by atoms with Crippen LogP contribution in [0.5, 0.6) is 17.4 Å². The van der Waals surface area contributed by atoms with Gasteiger partial charge in [0.05, 0.1) is 20.8 Å². The zero-order valence-electron chi connectivity index (χ0n) is 11.9. The van der Waals surface area contributed by atoms with Crippen LogP contribution in [0.15, 0.2) is 22.6 Å². The highest BCUT2D eigenvalue weighted by Gasteiger charge is 2.25. The van der Waals surface area contributed by atoms with Crippen molar-refractivity contribution in [3.63, 3.8) is 0 Å². The van der Waals surface area contributed by atoms with Gasteiger partial charge in [0.25, 0.3) is 0 Å². The first-order chi connectivity index (χ1) is 10.1. The van der Waals surface area contributed by atoms with Crippen LogP contribution >= 0.6 is 0 Å². The fourth-order valence-electron chi connectivity index (χ4n) is 1.84. The Morgan fingerprint density at radius 3 is 2.38 bits per heavy atom. The lowest BCUT2D eigenvalue weighted by atomic mass is 10.1. The molecule has 2 aromatic rings. The largest absolute Gasteiger partial charge is 0.496 e. The van der Waals surface area contributed by atoms with Gasteiger partial charge in [-0.1, -0.05) is 6.07 Å². The standard InChI is InChI=1S/C14H15NO6/c1-4-20-14-11(13(16)17)15-12(21-14)10-8(18-2)6-5-7-9(10)19-3/h5-7H,4H2,1-3H3,(H,16,17). The Hall–Kier alpha value is -2.70. The van der Waals surface area contributed by atoms with Crippen LogP contribution in [0.2, 0.25) is 0 Å². The van der Waals surface area contributed by atoms with E-state index in [1.807, 2.05) is 0 Å². The van der Waals surface area contributed by atoms with Gasteiger partial charge in [0.1, 0.15) is 17.1 Å². The first-order valence-corrected chi connectivity index (χ1v) is 6.20. The van der Waals surface area contributed by atoms with Gasteiger partial charge in [0.15, 0.2) is 0 Å². The van der Waals surface area contributed by atoms with Gasteiger partial charge in [-0.3, -0.25) is 0 Å². The van der Waals surface area contributed by atoms with Gasteiger partial charge in [-0.05, 0) is 19.1 Å². The Morgan fingerprint density at radius 1 is 1.29 bits per heavy atom. The number of carboxylic acid groups (broad SMARTS) is 1. The highest BCUT2D eigenvalue weighted by molar-refractivity contribution is 5.89. The number of ether oxygens (including phenoxy) is 3. The fourth-order valence-corrected chi connectivity index (χ4v) is 1.84. The molecule has 7 heteroatoms. The average molecular weight is 293 g/mol. The van der Waals surface area contributed by atoms with E-state index in [0.717, 1.165) is 0 Å². The molecule has 1 aromatic carbocycles. The van der Waals surface area contributed by atoms with Crippen LogP contribution in [-0.4, -0.2) is 36.9 Å². The summed E-state index contributed by atoms with van der Waals surface area (Å²) in [5.41, 5.74) is 0.135. The summed E-state index contributed by atoms with van der Waals surface area (Å²) >= 11 is 0. The third-order valence-electron chi connectivity index (χ3n) is 2.72. The zero-order chi connectivity index (χ0) is 15.4. The topological polar surface area (TPSA) is 91.0 Å². The molecule has 0 saturated carbocycles. The highest BCUT2D eigenvalue weighted by Crippen LogP contribution is 2.39. The maximum Gasteiger partial charge on any atom is 0.362 e. The third kappa shape index (κ3) is 2.76. The normalized spacial score (nSPS) is 10.2. The summed E-state index contributed by atoms with van der Waals surface area (Å²) in [5, 5.41) is 9.14. The summed E-state index contributed by atoms with van der Waals surface area (Å²) in [4.78, 5) is 15.1. The number of nitrogens with zero attached hydrogens (tertiary/aromatic N) is 1. The molecule has 1 N–H and O–H groups in total. The van der Waals surface area contributed by atoms with Crippen molar-refractivity contribution in [1.29, 1.82) is 0 Å². The van der Waals surface area contributed by atoms with E-state index < -0.39 is 5.97 Å². The van der Waals surface area contributed by atoms with Gasteiger partial charge in [-0.2, -0.15) is 4.98 Å². The van der Waals surface area contributed by atoms with Crippen molar-refractivity contribution in [2.75, 3.05) is 20.8 Å². The highest BCUT2D eigenvalue weighted by atomic mass is 16.6. The van der Waals surface area contributed by atoms with Crippen LogP contribution in [0.1, 0.15) is 17.4 Å². The molecule has 0 aliphatic heterocycles. The third-order valence-corrected chi connectivity index (χ3v) is 2.72. The number of aromatic carboxylic acids is 1. The van der Waals surface area contributed by atoms with Gasteiger partial charge >= 0.3 is 11.9 Å². The second-order valence-corrected chi connectivity index (χ2v) is 3.93. The van der Waals surface area contributed by atoms with E-state index >= 15 is 0 Å². The van der Waals surface area contributed by atoms with Gasteiger partial charge in [-0.25, -0.2) is 4.79 Å². The van der Waals surface area contributed by atoms with E-state index in [-0.39, 0.29) is 24.1 Å². The van der Waals surface area contributed by atoms with Crippen molar-refractivity contribution < 1.29 is 28.5 Å². The van der Waals surface area contributed by atoms with Crippen molar-refractivity contribution in [2.45, 2.75) is 6.92 Å². The molecule has 0 fully saturated rings. The quantitative estimate of drug-likeness (QED) is 0.874. The minimum atomic E-state index is -1.23. The monoisotopic (exact) mass is 293 g/mol. The van der Waals surface area contributed by atoms with E-state index in [0.29, 0.717) is 17.1 Å². The molecule has 0 bridgehead atoms. The number of benzene rings is 1. The molecule has 112 valence electrons. The Morgan fingerprint density at radius 2 is 1.90 bits per heavy atom. The van der Waals surface area contributed by atoms with Gasteiger partial charge < -0.3 is 23.7 Å². The van der Waals surface area contributed by atoms with Crippen LogP contribution in [0.25, 0.3) is 11.5 Å². The number of carboxylic acids is 1. The number of aromatic nitrogens is 1. The molecule has 1 heterocycles. The van der Waals surface area contributed by atoms with E-state index in [1.54, 1.807) is 25.1 Å². The van der Waals surface area contributed by atoms with E-state index in [9.17, 15) is 4.79 Å². The number of oxazole rings is 1. The predicted octanol–water partition coefficient (Wildman–Crippen LogP) is 2.46. The molecular formula is C14H15NO6. The predicted molar refractivity (Wildman–Crippen MR) is 73.2 cm³/mol. The molecule has 0 spiro atoms. The fraction of sp³-hybridized carbons (Fsp3) is 0.286. The SMILES string of the molecule is CCOc1oc(-c2c(OC)cccc2OC)nc1C(=O)O. The van der Waals surface area contributed by atoms with Gasteiger partial charge in [0.2, 0.25) is 11.6 Å². The second kappa shape index (κ2) is 6.17. The minimum absolute atomic E-state index is 0.0603. The van der Waals surface area contributed by atoms with Crippen LogP contribution in [0, 0.1) is 0 Å². The number of hydrogen-bond acceptors (Lipinski definition) is 6. The van der Waals surface area contributed by atoms with E-state index in [2.05, 4.69) is 4.98 Å². The first kappa shape index (κ1) is 14.7. The van der Waals surface area contributed by atoms with Crippen molar-refractivity contribution in [2.24, 2.45) is 0 Å². The maximum atomic E-state index is 11.2. The van der Waals surface area contributed by atoms with E-state index in [1.165, 1.54) is 14.2 Å². The molecule has 21 heavy (non-hydrogen) atoms. The lowest BCUT2D eigenvalue weighted by Gasteiger charge is -2.09. The minimum Gasteiger partial charge on any atom is -0.496 e. The molecule has 7 nitrogen and oxygen atoms in total.